The highest BCUT2D eigenvalue weighted by atomic mass is 79.9. The third kappa shape index (κ3) is 3.12. The van der Waals surface area contributed by atoms with Gasteiger partial charge in [-0.2, -0.15) is 0 Å². The molecule has 15 heavy (non-hydrogen) atoms. The smallest absolute Gasteiger partial charge is 0.321 e. The molecule has 0 bridgehead atoms. The van der Waals surface area contributed by atoms with Crippen LogP contribution in [0.2, 0.25) is 0 Å². The van der Waals surface area contributed by atoms with E-state index in [0.29, 0.717) is 0 Å². The Hall–Kier alpha value is -0.200. The molecule has 0 aliphatic rings. The first-order chi connectivity index (χ1) is 6.84. The van der Waals surface area contributed by atoms with E-state index in [-0.39, 0.29) is 5.75 Å². The minimum atomic E-state index is -1.41. The highest BCUT2D eigenvalue weighted by molar-refractivity contribution is 9.11. The van der Waals surface area contributed by atoms with Crippen LogP contribution in [0.4, 0.5) is 0 Å². The summed E-state index contributed by atoms with van der Waals surface area (Å²) in [6.45, 7) is 2.96. The number of hydrogen-bond donors (Lipinski definition) is 1. The van der Waals surface area contributed by atoms with Crippen LogP contribution >= 0.6 is 27.3 Å². The number of hydrogen-bond acceptors (Lipinski definition) is 3. The van der Waals surface area contributed by atoms with E-state index in [9.17, 15) is 9.00 Å². The van der Waals surface area contributed by atoms with E-state index in [2.05, 4.69) is 15.9 Å². The topological polar surface area (TPSA) is 54.4 Å². The number of carbonyl (C=O) groups is 1. The predicted octanol–water partition coefficient (Wildman–Crippen LogP) is 2.62. The molecule has 0 aromatic carbocycles. The van der Waals surface area contributed by atoms with Gasteiger partial charge in [0, 0.05) is 15.7 Å². The summed E-state index contributed by atoms with van der Waals surface area (Å²) in [6, 6.07) is 3.72. The van der Waals surface area contributed by atoms with Gasteiger partial charge in [-0.15, -0.1) is 11.3 Å². The Morgan fingerprint density at radius 2 is 2.20 bits per heavy atom. The first kappa shape index (κ1) is 12.9. The zero-order chi connectivity index (χ0) is 11.6. The fourth-order valence-electron chi connectivity index (χ4n) is 0.836. The lowest BCUT2D eigenvalue weighted by Gasteiger charge is -2.17. The molecule has 0 aliphatic carbocycles. The SMILES string of the molecule is CC(C)(C(=O)O)S(=O)Cc1ccc(Br)s1. The third-order valence-electron chi connectivity index (χ3n) is 1.99. The lowest BCUT2D eigenvalue weighted by Crippen LogP contribution is -2.36. The van der Waals surface area contributed by atoms with Gasteiger partial charge in [0.25, 0.3) is 0 Å². The van der Waals surface area contributed by atoms with Gasteiger partial charge in [-0.3, -0.25) is 9.00 Å². The van der Waals surface area contributed by atoms with Crippen LogP contribution in [-0.4, -0.2) is 20.0 Å². The summed E-state index contributed by atoms with van der Waals surface area (Å²) in [5.74, 6) is -0.744. The maximum absolute atomic E-state index is 11.8. The van der Waals surface area contributed by atoms with Crippen molar-refractivity contribution < 1.29 is 14.1 Å². The van der Waals surface area contributed by atoms with Crippen LogP contribution in [0.25, 0.3) is 0 Å². The highest BCUT2D eigenvalue weighted by Gasteiger charge is 2.34. The van der Waals surface area contributed by atoms with Crippen molar-refractivity contribution in [2.24, 2.45) is 0 Å². The molecular formula is C9H11BrO3S2. The van der Waals surface area contributed by atoms with E-state index in [1.54, 1.807) is 0 Å². The molecule has 0 amide bonds. The monoisotopic (exact) mass is 310 g/mol. The van der Waals surface area contributed by atoms with Gasteiger partial charge in [0.1, 0.15) is 4.75 Å². The molecule has 84 valence electrons. The van der Waals surface area contributed by atoms with Gasteiger partial charge < -0.3 is 5.11 Å². The lowest BCUT2D eigenvalue weighted by atomic mass is 10.2. The molecule has 1 aromatic heterocycles. The maximum atomic E-state index is 11.8. The molecule has 1 N–H and O–H groups in total. The second-order valence-corrected chi connectivity index (χ2v) is 8.06. The zero-order valence-electron chi connectivity index (χ0n) is 8.32. The molecule has 1 rings (SSSR count). The van der Waals surface area contributed by atoms with E-state index in [1.807, 2.05) is 12.1 Å². The van der Waals surface area contributed by atoms with Crippen molar-refractivity contribution >= 4 is 44.0 Å². The molecule has 0 aliphatic heterocycles. The molecule has 0 radical (unpaired) electrons. The number of aliphatic carboxylic acids is 1. The van der Waals surface area contributed by atoms with Gasteiger partial charge in [0.15, 0.2) is 0 Å². The van der Waals surface area contributed by atoms with E-state index < -0.39 is 21.5 Å². The van der Waals surface area contributed by atoms with Crippen molar-refractivity contribution in [3.05, 3.63) is 20.8 Å². The summed E-state index contributed by atoms with van der Waals surface area (Å²) in [6.07, 6.45) is 0. The highest BCUT2D eigenvalue weighted by Crippen LogP contribution is 2.25. The van der Waals surface area contributed by atoms with Crippen LogP contribution in [0.5, 0.6) is 0 Å². The Balaban J connectivity index is 2.76. The zero-order valence-corrected chi connectivity index (χ0v) is 11.5. The quantitative estimate of drug-likeness (QED) is 0.930. The molecule has 1 aromatic rings. The van der Waals surface area contributed by atoms with Crippen LogP contribution in [0, 0.1) is 0 Å². The van der Waals surface area contributed by atoms with Crippen molar-refractivity contribution in [1.29, 1.82) is 0 Å². The minimum Gasteiger partial charge on any atom is -0.480 e. The number of thiophene rings is 1. The Kier molecular flexibility index (Phi) is 4.08. The van der Waals surface area contributed by atoms with E-state index >= 15 is 0 Å². The molecule has 0 fully saturated rings. The van der Waals surface area contributed by atoms with Crippen molar-refractivity contribution in [1.82, 2.24) is 0 Å². The van der Waals surface area contributed by atoms with Gasteiger partial charge in [-0.05, 0) is 41.9 Å². The third-order valence-corrected chi connectivity index (χ3v) is 5.68. The summed E-state index contributed by atoms with van der Waals surface area (Å²) >= 11 is 4.78. The summed E-state index contributed by atoms with van der Waals surface area (Å²) in [4.78, 5) is 11.8. The summed E-state index contributed by atoms with van der Waals surface area (Å²) in [5, 5.41) is 8.90. The number of carboxylic acids is 1. The Morgan fingerprint density at radius 1 is 1.60 bits per heavy atom. The van der Waals surface area contributed by atoms with Crippen LogP contribution in [0.15, 0.2) is 15.9 Å². The average molecular weight is 311 g/mol. The van der Waals surface area contributed by atoms with Crippen molar-refractivity contribution in [3.63, 3.8) is 0 Å². The van der Waals surface area contributed by atoms with Gasteiger partial charge >= 0.3 is 5.97 Å². The minimum absolute atomic E-state index is 0.287. The maximum Gasteiger partial charge on any atom is 0.321 e. The molecule has 1 unspecified atom stereocenters. The molecule has 1 heterocycles. The molecule has 0 saturated carbocycles. The van der Waals surface area contributed by atoms with Crippen molar-refractivity contribution in [3.8, 4) is 0 Å². The average Bonchev–Trinajstić information content (AvgIpc) is 2.50. The molecule has 0 saturated heterocycles. The first-order valence-electron chi connectivity index (χ1n) is 4.20. The van der Waals surface area contributed by atoms with Crippen LogP contribution in [0.1, 0.15) is 18.7 Å². The van der Waals surface area contributed by atoms with Gasteiger partial charge in [-0.25, -0.2) is 0 Å². The fraction of sp³-hybridized carbons (Fsp3) is 0.444. The van der Waals surface area contributed by atoms with Gasteiger partial charge in [0.05, 0.1) is 9.54 Å². The number of carboxylic acid groups (broad SMARTS) is 1. The molecule has 3 nitrogen and oxygen atoms in total. The molecular weight excluding hydrogens is 300 g/mol. The number of rotatable bonds is 4. The lowest BCUT2D eigenvalue weighted by molar-refractivity contribution is -0.139. The standard InChI is InChI=1S/C9H11BrO3S2/c1-9(2,8(11)12)15(13)5-6-3-4-7(10)14-6/h3-4H,5H2,1-2H3,(H,11,12). The predicted molar refractivity (Wildman–Crippen MR) is 65.6 cm³/mol. The second kappa shape index (κ2) is 4.76. The Labute approximate surface area is 103 Å². The molecule has 0 spiro atoms. The van der Waals surface area contributed by atoms with Crippen LogP contribution in [0.3, 0.4) is 0 Å². The largest absolute Gasteiger partial charge is 0.480 e. The van der Waals surface area contributed by atoms with Gasteiger partial charge in [0.2, 0.25) is 0 Å². The number of halogens is 1. The molecule has 1 atom stereocenters. The van der Waals surface area contributed by atoms with E-state index in [1.165, 1.54) is 25.2 Å². The van der Waals surface area contributed by atoms with Crippen LogP contribution in [-0.2, 0) is 21.3 Å². The van der Waals surface area contributed by atoms with E-state index in [4.69, 9.17) is 5.11 Å². The first-order valence-corrected chi connectivity index (χ1v) is 7.13. The Bertz CT molecular complexity index is 398. The Morgan fingerprint density at radius 3 is 2.60 bits per heavy atom. The van der Waals surface area contributed by atoms with Crippen molar-refractivity contribution in [2.75, 3.05) is 0 Å². The second-order valence-electron chi connectivity index (χ2n) is 3.51. The van der Waals surface area contributed by atoms with Gasteiger partial charge in [-0.1, -0.05) is 0 Å². The van der Waals surface area contributed by atoms with E-state index in [0.717, 1.165) is 8.66 Å². The summed E-state index contributed by atoms with van der Waals surface area (Å²) in [7, 11) is -1.41. The summed E-state index contributed by atoms with van der Waals surface area (Å²) in [5.41, 5.74) is 0. The van der Waals surface area contributed by atoms with Crippen LogP contribution < -0.4 is 0 Å². The molecule has 6 heteroatoms. The van der Waals surface area contributed by atoms with Crippen molar-refractivity contribution in [2.45, 2.75) is 24.3 Å². The normalized spacial score (nSPS) is 13.8. The fourth-order valence-corrected chi connectivity index (χ4v) is 3.58. The summed E-state index contributed by atoms with van der Waals surface area (Å²) < 4.78 is 11.6.